The molecule has 0 aliphatic heterocycles. The predicted molar refractivity (Wildman–Crippen MR) is 62.8 cm³/mol. The Bertz CT molecular complexity index is 468. The average molecular weight is 214 g/mol. The zero-order chi connectivity index (χ0) is 11.4. The van der Waals surface area contributed by atoms with Crippen molar-refractivity contribution in [2.75, 3.05) is 7.05 Å². The summed E-state index contributed by atoms with van der Waals surface area (Å²) in [6.45, 7) is 2.73. The number of nitrogens with zero attached hydrogens (tertiary/aromatic N) is 3. The predicted octanol–water partition coefficient (Wildman–Crippen LogP) is 1.57. The molecule has 0 spiro atoms. The molecule has 2 rings (SSSR count). The zero-order valence-electron chi connectivity index (χ0n) is 9.44. The Kier molecular flexibility index (Phi) is 3.22. The van der Waals surface area contributed by atoms with Crippen molar-refractivity contribution >= 4 is 0 Å². The van der Waals surface area contributed by atoms with Gasteiger partial charge in [0.25, 0.3) is 0 Å². The van der Waals surface area contributed by atoms with Crippen molar-refractivity contribution in [3.63, 3.8) is 0 Å². The van der Waals surface area contributed by atoms with Crippen molar-refractivity contribution in [2.24, 2.45) is 0 Å². The minimum Gasteiger partial charge on any atom is -0.314 e. The van der Waals surface area contributed by atoms with E-state index >= 15 is 0 Å². The summed E-state index contributed by atoms with van der Waals surface area (Å²) in [7, 11) is 1.91. The molecular weight excluding hydrogens is 200 g/mol. The van der Waals surface area contributed by atoms with Gasteiger partial charge in [-0.05, 0) is 32.2 Å². The summed E-state index contributed by atoms with van der Waals surface area (Å²) < 4.78 is 0. The van der Waals surface area contributed by atoms with Gasteiger partial charge in [-0.2, -0.15) is 0 Å². The number of nitrogens with one attached hydrogen (secondary N) is 1. The van der Waals surface area contributed by atoms with E-state index in [1.165, 1.54) is 0 Å². The van der Waals surface area contributed by atoms with Crippen LogP contribution in [0.1, 0.15) is 11.4 Å². The number of aromatic nitrogens is 3. The fraction of sp³-hybridized carbons (Fsp3) is 0.250. The number of rotatable bonds is 3. The highest BCUT2D eigenvalue weighted by atomic mass is 14.9. The van der Waals surface area contributed by atoms with Gasteiger partial charge in [0.15, 0.2) is 5.82 Å². The summed E-state index contributed by atoms with van der Waals surface area (Å²) in [5.41, 5.74) is 2.98. The van der Waals surface area contributed by atoms with Gasteiger partial charge in [-0.15, -0.1) is 0 Å². The zero-order valence-corrected chi connectivity index (χ0v) is 9.44. The molecule has 0 saturated heterocycles. The van der Waals surface area contributed by atoms with Crippen LogP contribution < -0.4 is 5.32 Å². The fourth-order valence-corrected chi connectivity index (χ4v) is 1.54. The summed E-state index contributed by atoms with van der Waals surface area (Å²) >= 11 is 0. The van der Waals surface area contributed by atoms with E-state index in [4.69, 9.17) is 0 Å². The largest absolute Gasteiger partial charge is 0.314 e. The third-order valence-electron chi connectivity index (χ3n) is 2.20. The molecule has 0 amide bonds. The van der Waals surface area contributed by atoms with Gasteiger partial charge >= 0.3 is 0 Å². The summed E-state index contributed by atoms with van der Waals surface area (Å²) in [5, 5.41) is 3.09. The molecule has 0 aliphatic rings. The second-order valence-corrected chi connectivity index (χ2v) is 3.59. The van der Waals surface area contributed by atoms with E-state index in [0.717, 1.165) is 29.3 Å². The van der Waals surface area contributed by atoms with Crippen LogP contribution >= 0.6 is 0 Å². The molecule has 82 valence electrons. The second-order valence-electron chi connectivity index (χ2n) is 3.59. The third-order valence-corrected chi connectivity index (χ3v) is 2.20. The van der Waals surface area contributed by atoms with Crippen LogP contribution in [0.3, 0.4) is 0 Å². The lowest BCUT2D eigenvalue weighted by Gasteiger charge is -2.05. The number of hydrogen-bond acceptors (Lipinski definition) is 4. The van der Waals surface area contributed by atoms with Gasteiger partial charge in [-0.25, -0.2) is 9.97 Å². The van der Waals surface area contributed by atoms with Crippen molar-refractivity contribution < 1.29 is 0 Å². The van der Waals surface area contributed by atoms with Gasteiger partial charge in [0.05, 0.1) is 5.69 Å². The maximum Gasteiger partial charge on any atom is 0.159 e. The van der Waals surface area contributed by atoms with Crippen LogP contribution in [0.25, 0.3) is 11.4 Å². The second kappa shape index (κ2) is 4.81. The Morgan fingerprint density at radius 1 is 1.19 bits per heavy atom. The molecule has 2 aromatic heterocycles. The van der Waals surface area contributed by atoms with Gasteiger partial charge in [0.2, 0.25) is 0 Å². The van der Waals surface area contributed by atoms with E-state index in [1.54, 1.807) is 12.4 Å². The van der Waals surface area contributed by atoms with Crippen LogP contribution in [0.15, 0.2) is 30.6 Å². The monoisotopic (exact) mass is 214 g/mol. The van der Waals surface area contributed by atoms with Crippen molar-refractivity contribution in [3.8, 4) is 11.4 Å². The van der Waals surface area contributed by atoms with E-state index in [2.05, 4.69) is 20.3 Å². The van der Waals surface area contributed by atoms with Crippen LogP contribution in [-0.2, 0) is 6.54 Å². The minimum atomic E-state index is 0.751. The standard InChI is InChI=1S/C12H14N4/c1-9-7-11(8-13-2)16-12(15-9)10-3-5-14-6-4-10/h3-7,13H,8H2,1-2H3. The SMILES string of the molecule is CNCc1cc(C)nc(-c2ccncc2)n1. The van der Waals surface area contributed by atoms with Gasteiger partial charge in [0.1, 0.15) is 0 Å². The summed E-state index contributed by atoms with van der Waals surface area (Å²) in [4.78, 5) is 12.9. The lowest BCUT2D eigenvalue weighted by molar-refractivity contribution is 0.785. The molecule has 0 saturated carbocycles. The van der Waals surface area contributed by atoms with E-state index in [-0.39, 0.29) is 0 Å². The normalized spacial score (nSPS) is 10.4. The van der Waals surface area contributed by atoms with Crippen LogP contribution in [0, 0.1) is 6.92 Å². The highest BCUT2D eigenvalue weighted by molar-refractivity contribution is 5.53. The molecule has 0 unspecified atom stereocenters. The number of hydrogen-bond donors (Lipinski definition) is 1. The Balaban J connectivity index is 2.41. The first kappa shape index (κ1) is 10.7. The topological polar surface area (TPSA) is 50.7 Å². The van der Waals surface area contributed by atoms with Crippen molar-refractivity contribution in [3.05, 3.63) is 42.0 Å². The molecule has 2 aromatic rings. The molecule has 0 aliphatic carbocycles. The Morgan fingerprint density at radius 2 is 1.94 bits per heavy atom. The first-order valence-corrected chi connectivity index (χ1v) is 5.19. The first-order valence-electron chi connectivity index (χ1n) is 5.19. The summed E-state index contributed by atoms with van der Waals surface area (Å²) in [5.74, 6) is 0.757. The van der Waals surface area contributed by atoms with E-state index in [0.29, 0.717) is 0 Å². The van der Waals surface area contributed by atoms with Crippen LogP contribution in [0.5, 0.6) is 0 Å². The minimum absolute atomic E-state index is 0.751. The number of aryl methyl sites for hydroxylation is 1. The van der Waals surface area contributed by atoms with E-state index < -0.39 is 0 Å². The number of pyridine rings is 1. The molecule has 4 heteroatoms. The van der Waals surface area contributed by atoms with Gasteiger partial charge in [-0.3, -0.25) is 4.98 Å². The third kappa shape index (κ3) is 2.41. The van der Waals surface area contributed by atoms with Gasteiger partial charge < -0.3 is 5.32 Å². The molecule has 0 fully saturated rings. The molecule has 0 aromatic carbocycles. The Morgan fingerprint density at radius 3 is 2.62 bits per heavy atom. The van der Waals surface area contributed by atoms with Crippen LogP contribution in [0.2, 0.25) is 0 Å². The first-order chi connectivity index (χ1) is 7.79. The summed E-state index contributed by atoms with van der Waals surface area (Å²) in [6, 6.07) is 5.82. The molecule has 2 heterocycles. The lowest BCUT2D eigenvalue weighted by atomic mass is 10.2. The van der Waals surface area contributed by atoms with Crippen molar-refractivity contribution in [1.29, 1.82) is 0 Å². The Labute approximate surface area is 94.8 Å². The van der Waals surface area contributed by atoms with E-state index in [1.807, 2.05) is 32.2 Å². The maximum absolute atomic E-state index is 4.49. The van der Waals surface area contributed by atoms with Gasteiger partial charge in [0, 0.05) is 30.2 Å². The van der Waals surface area contributed by atoms with E-state index in [9.17, 15) is 0 Å². The molecule has 1 N–H and O–H groups in total. The molecule has 16 heavy (non-hydrogen) atoms. The molecule has 4 nitrogen and oxygen atoms in total. The maximum atomic E-state index is 4.49. The average Bonchev–Trinajstić information content (AvgIpc) is 2.30. The Hall–Kier alpha value is -1.81. The van der Waals surface area contributed by atoms with Crippen molar-refractivity contribution in [2.45, 2.75) is 13.5 Å². The smallest absolute Gasteiger partial charge is 0.159 e. The lowest BCUT2D eigenvalue weighted by Crippen LogP contribution is -2.08. The highest BCUT2D eigenvalue weighted by Gasteiger charge is 2.03. The quantitative estimate of drug-likeness (QED) is 0.842. The van der Waals surface area contributed by atoms with Crippen LogP contribution in [0.4, 0.5) is 0 Å². The van der Waals surface area contributed by atoms with Crippen LogP contribution in [-0.4, -0.2) is 22.0 Å². The molecule has 0 atom stereocenters. The molecule has 0 radical (unpaired) electrons. The van der Waals surface area contributed by atoms with Gasteiger partial charge in [-0.1, -0.05) is 0 Å². The summed E-state index contributed by atoms with van der Waals surface area (Å²) in [6.07, 6.45) is 3.50. The highest BCUT2D eigenvalue weighted by Crippen LogP contribution is 2.14. The fourth-order valence-electron chi connectivity index (χ4n) is 1.54. The molecular formula is C12H14N4. The van der Waals surface area contributed by atoms with Crippen molar-refractivity contribution in [1.82, 2.24) is 20.3 Å². The molecule has 0 bridgehead atoms.